The quantitative estimate of drug-likeness (QED) is 0.769. The predicted octanol–water partition coefficient (Wildman–Crippen LogP) is 3.68. The van der Waals surface area contributed by atoms with E-state index in [1.807, 2.05) is 0 Å². The number of aromatic nitrogens is 1. The summed E-state index contributed by atoms with van der Waals surface area (Å²) in [6.07, 6.45) is 0. The molecule has 1 aromatic carbocycles. The zero-order valence-corrected chi connectivity index (χ0v) is 9.84. The summed E-state index contributed by atoms with van der Waals surface area (Å²) in [5, 5.41) is 0.00198. The van der Waals surface area contributed by atoms with Gasteiger partial charge in [0.25, 0.3) is 5.24 Å². The molecule has 0 aliphatic heterocycles. The summed E-state index contributed by atoms with van der Waals surface area (Å²) >= 11 is 11.1. The average molecular weight is 256 g/mol. The lowest BCUT2D eigenvalue weighted by molar-refractivity contribution is 0.107. The van der Waals surface area contributed by atoms with Gasteiger partial charge in [-0.1, -0.05) is 11.6 Å². The third-order valence-electron chi connectivity index (χ3n) is 2.07. The van der Waals surface area contributed by atoms with E-state index in [0.717, 1.165) is 5.56 Å². The minimum absolute atomic E-state index is 0.145. The summed E-state index contributed by atoms with van der Waals surface area (Å²) < 4.78 is 5.34. The molecule has 2 rings (SSSR count). The molecule has 0 aliphatic carbocycles. The molecular formula is C11H7Cl2NO2. The summed E-state index contributed by atoms with van der Waals surface area (Å²) in [6.45, 7) is 1.64. The van der Waals surface area contributed by atoms with Gasteiger partial charge in [-0.3, -0.25) is 4.79 Å². The fraction of sp³-hybridized carbons (Fsp3) is 0.0909. The molecule has 5 heteroatoms. The molecule has 0 saturated heterocycles. The van der Waals surface area contributed by atoms with Crippen LogP contribution in [-0.4, -0.2) is 10.2 Å². The maximum absolute atomic E-state index is 11.0. The Morgan fingerprint density at radius 1 is 1.31 bits per heavy atom. The molecule has 0 unspecified atom stereocenters. The van der Waals surface area contributed by atoms with Gasteiger partial charge in [-0.2, -0.15) is 0 Å². The summed E-state index contributed by atoms with van der Waals surface area (Å²) in [6, 6.07) is 6.96. The highest BCUT2D eigenvalue weighted by atomic mass is 35.5. The highest BCUT2D eigenvalue weighted by molar-refractivity contribution is 6.67. The molecule has 0 saturated carbocycles. The van der Waals surface area contributed by atoms with Gasteiger partial charge >= 0.3 is 0 Å². The number of hydrogen-bond acceptors (Lipinski definition) is 3. The molecule has 82 valence electrons. The van der Waals surface area contributed by atoms with Crippen molar-refractivity contribution < 1.29 is 9.21 Å². The van der Waals surface area contributed by atoms with Crippen LogP contribution in [0.15, 0.2) is 28.7 Å². The van der Waals surface area contributed by atoms with Gasteiger partial charge in [-0.15, -0.1) is 0 Å². The molecule has 2 aromatic rings. The van der Waals surface area contributed by atoms with Crippen molar-refractivity contribution >= 4 is 28.4 Å². The molecule has 0 radical (unpaired) electrons. The molecule has 0 N–H and O–H groups in total. The molecule has 1 heterocycles. The second-order valence-electron chi connectivity index (χ2n) is 3.20. The van der Waals surface area contributed by atoms with Crippen molar-refractivity contribution in [2.45, 2.75) is 6.92 Å². The molecule has 0 bridgehead atoms. The standard InChI is InChI=1S/C11H7Cl2NO2/c1-6-9(10(13)15)14-11(16-6)7-2-4-8(12)5-3-7/h2-5H,1H3. The van der Waals surface area contributed by atoms with Crippen molar-refractivity contribution in [3.63, 3.8) is 0 Å². The molecule has 0 amide bonds. The monoisotopic (exact) mass is 255 g/mol. The second-order valence-corrected chi connectivity index (χ2v) is 3.98. The number of halogens is 2. The first-order chi connectivity index (χ1) is 7.58. The van der Waals surface area contributed by atoms with Gasteiger partial charge in [0.2, 0.25) is 5.89 Å². The van der Waals surface area contributed by atoms with Crippen molar-refractivity contribution in [2.75, 3.05) is 0 Å². The number of oxazole rings is 1. The third kappa shape index (κ3) is 2.10. The topological polar surface area (TPSA) is 43.1 Å². The van der Waals surface area contributed by atoms with Gasteiger partial charge in [0.05, 0.1) is 0 Å². The Morgan fingerprint density at radius 2 is 1.94 bits per heavy atom. The lowest BCUT2D eigenvalue weighted by Gasteiger charge is -1.94. The zero-order valence-electron chi connectivity index (χ0n) is 8.33. The van der Waals surface area contributed by atoms with Crippen molar-refractivity contribution in [3.8, 4) is 11.5 Å². The van der Waals surface area contributed by atoms with Crippen molar-refractivity contribution in [1.82, 2.24) is 4.98 Å². The van der Waals surface area contributed by atoms with Crippen LogP contribution in [0.1, 0.15) is 16.2 Å². The molecule has 16 heavy (non-hydrogen) atoms. The summed E-state index contributed by atoms with van der Waals surface area (Å²) in [5.74, 6) is 0.767. The van der Waals surface area contributed by atoms with Crippen molar-refractivity contribution in [3.05, 3.63) is 40.7 Å². The number of nitrogens with zero attached hydrogens (tertiary/aromatic N) is 1. The normalized spacial score (nSPS) is 10.4. The Labute approximate surface area is 102 Å². The molecule has 0 spiro atoms. The lowest BCUT2D eigenvalue weighted by atomic mass is 10.2. The van der Waals surface area contributed by atoms with E-state index in [1.165, 1.54) is 0 Å². The Balaban J connectivity index is 2.45. The fourth-order valence-corrected chi connectivity index (χ4v) is 1.60. The number of benzene rings is 1. The summed E-state index contributed by atoms with van der Waals surface area (Å²) in [4.78, 5) is 15.0. The number of aryl methyl sites for hydroxylation is 1. The first-order valence-corrected chi connectivity index (χ1v) is 5.26. The number of carbonyl (C=O) groups is 1. The van der Waals surface area contributed by atoms with Gasteiger partial charge in [0, 0.05) is 10.6 Å². The van der Waals surface area contributed by atoms with Crippen molar-refractivity contribution in [1.29, 1.82) is 0 Å². The van der Waals surface area contributed by atoms with Crippen LogP contribution in [0.4, 0.5) is 0 Å². The first-order valence-electron chi connectivity index (χ1n) is 4.51. The number of hydrogen-bond donors (Lipinski definition) is 0. The highest BCUT2D eigenvalue weighted by Crippen LogP contribution is 2.23. The maximum atomic E-state index is 11.0. The average Bonchev–Trinajstić information content (AvgIpc) is 2.61. The van der Waals surface area contributed by atoms with E-state index < -0.39 is 5.24 Å². The van der Waals surface area contributed by atoms with Crippen LogP contribution >= 0.6 is 23.2 Å². The van der Waals surface area contributed by atoms with Gasteiger partial charge in [0.1, 0.15) is 5.76 Å². The first kappa shape index (κ1) is 11.2. The zero-order chi connectivity index (χ0) is 11.7. The van der Waals surface area contributed by atoms with Crippen LogP contribution < -0.4 is 0 Å². The van der Waals surface area contributed by atoms with E-state index in [-0.39, 0.29) is 5.69 Å². The van der Waals surface area contributed by atoms with E-state index >= 15 is 0 Å². The summed E-state index contributed by atoms with van der Waals surface area (Å²) in [5.41, 5.74) is 0.892. The Morgan fingerprint density at radius 3 is 2.44 bits per heavy atom. The van der Waals surface area contributed by atoms with E-state index in [0.29, 0.717) is 16.7 Å². The number of carbonyl (C=O) groups excluding carboxylic acids is 1. The van der Waals surface area contributed by atoms with Crippen LogP contribution in [0.2, 0.25) is 5.02 Å². The van der Waals surface area contributed by atoms with Crippen LogP contribution in [0.5, 0.6) is 0 Å². The Hall–Kier alpha value is -1.32. The molecule has 3 nitrogen and oxygen atoms in total. The van der Waals surface area contributed by atoms with Gasteiger partial charge in [0.15, 0.2) is 5.69 Å². The Kier molecular flexibility index (Phi) is 2.99. The predicted molar refractivity (Wildman–Crippen MR) is 61.9 cm³/mol. The van der Waals surface area contributed by atoms with Gasteiger partial charge in [-0.25, -0.2) is 4.98 Å². The maximum Gasteiger partial charge on any atom is 0.274 e. The number of rotatable bonds is 2. The SMILES string of the molecule is Cc1oc(-c2ccc(Cl)cc2)nc1C(=O)Cl. The van der Waals surface area contributed by atoms with Crippen molar-refractivity contribution in [2.24, 2.45) is 0 Å². The second kappa shape index (κ2) is 4.28. The highest BCUT2D eigenvalue weighted by Gasteiger charge is 2.15. The van der Waals surface area contributed by atoms with Crippen LogP contribution in [0.3, 0.4) is 0 Å². The lowest BCUT2D eigenvalue weighted by Crippen LogP contribution is -1.91. The molecule has 0 atom stereocenters. The van der Waals surface area contributed by atoms with Crippen LogP contribution in [-0.2, 0) is 0 Å². The van der Waals surface area contributed by atoms with Gasteiger partial charge < -0.3 is 4.42 Å². The van der Waals surface area contributed by atoms with Gasteiger partial charge in [-0.05, 0) is 42.8 Å². The minimum atomic E-state index is -0.624. The third-order valence-corrected chi connectivity index (χ3v) is 2.50. The van der Waals surface area contributed by atoms with E-state index in [1.54, 1.807) is 31.2 Å². The van der Waals surface area contributed by atoms with Crippen LogP contribution in [0.25, 0.3) is 11.5 Å². The fourth-order valence-electron chi connectivity index (χ4n) is 1.29. The van der Waals surface area contributed by atoms with E-state index in [4.69, 9.17) is 27.6 Å². The molecule has 0 fully saturated rings. The Bertz CT molecular complexity index is 531. The van der Waals surface area contributed by atoms with E-state index in [9.17, 15) is 4.79 Å². The summed E-state index contributed by atoms with van der Waals surface area (Å²) in [7, 11) is 0. The smallest absolute Gasteiger partial charge is 0.274 e. The van der Waals surface area contributed by atoms with Crippen LogP contribution in [0, 0.1) is 6.92 Å². The largest absolute Gasteiger partial charge is 0.441 e. The molecule has 1 aromatic heterocycles. The molecular weight excluding hydrogens is 249 g/mol. The molecule has 0 aliphatic rings. The minimum Gasteiger partial charge on any atom is -0.441 e. The van der Waals surface area contributed by atoms with E-state index in [2.05, 4.69) is 4.98 Å².